The monoisotopic (exact) mass is 357 g/mol. The Balaban J connectivity index is 2.51. The molecule has 1 rings (SSSR count). The first-order valence-corrected chi connectivity index (χ1v) is 8.47. The summed E-state index contributed by atoms with van der Waals surface area (Å²) in [5.41, 5.74) is 1.18. The second-order valence-electron chi connectivity index (χ2n) is 5.91. The van der Waals surface area contributed by atoms with Crippen LogP contribution in [0.25, 0.3) is 0 Å². The highest BCUT2D eigenvalue weighted by atomic mass is 79.9. The molecule has 0 heterocycles. The van der Waals surface area contributed by atoms with Crippen LogP contribution in [0.5, 0.6) is 0 Å². The van der Waals surface area contributed by atoms with Gasteiger partial charge in [-0.1, -0.05) is 61.8 Å². The second-order valence-corrected chi connectivity index (χ2v) is 6.77. The Hall–Kier alpha value is -0.420. The van der Waals surface area contributed by atoms with Crippen LogP contribution in [-0.4, -0.2) is 32.4 Å². The minimum atomic E-state index is 0.0330. The Morgan fingerprint density at radius 3 is 2.43 bits per heavy atom. The Morgan fingerprint density at radius 2 is 1.81 bits per heavy atom. The van der Waals surface area contributed by atoms with Crippen molar-refractivity contribution in [3.05, 3.63) is 34.3 Å². The molecule has 0 saturated heterocycles. The Kier molecular flexibility index (Phi) is 9.16. The average Bonchev–Trinajstić information content (AvgIpc) is 2.42. The van der Waals surface area contributed by atoms with Crippen LogP contribution in [0.15, 0.2) is 28.7 Å². The van der Waals surface area contributed by atoms with Gasteiger partial charge in [-0.3, -0.25) is 0 Å². The predicted molar refractivity (Wildman–Crippen MR) is 91.6 cm³/mol. The van der Waals surface area contributed by atoms with Crippen molar-refractivity contribution < 1.29 is 9.47 Å². The fourth-order valence-corrected chi connectivity index (χ4v) is 2.45. The quantitative estimate of drug-likeness (QED) is 0.637. The molecule has 3 nitrogen and oxygen atoms in total. The molecule has 0 aliphatic heterocycles. The molecular weight excluding hydrogens is 330 g/mol. The van der Waals surface area contributed by atoms with Crippen molar-refractivity contribution in [1.82, 2.24) is 5.32 Å². The summed E-state index contributed by atoms with van der Waals surface area (Å²) < 4.78 is 12.7. The highest BCUT2D eigenvalue weighted by molar-refractivity contribution is 9.10. The van der Waals surface area contributed by atoms with E-state index in [1.54, 1.807) is 0 Å². The minimum absolute atomic E-state index is 0.0330. The maximum atomic E-state index is 6.02. The molecule has 0 spiro atoms. The van der Waals surface area contributed by atoms with Crippen molar-refractivity contribution in [3.8, 4) is 0 Å². The zero-order valence-electron chi connectivity index (χ0n) is 13.6. The molecule has 1 unspecified atom stereocenters. The van der Waals surface area contributed by atoms with E-state index in [0.29, 0.717) is 25.2 Å². The highest BCUT2D eigenvalue weighted by Gasteiger charge is 2.15. The van der Waals surface area contributed by atoms with E-state index in [2.05, 4.69) is 61.1 Å². The summed E-state index contributed by atoms with van der Waals surface area (Å²) >= 11 is 3.61. The molecule has 0 aromatic heterocycles. The van der Waals surface area contributed by atoms with Crippen LogP contribution in [0, 0.1) is 5.92 Å². The summed E-state index contributed by atoms with van der Waals surface area (Å²) in [5.74, 6) is 0.562. The lowest BCUT2D eigenvalue weighted by Crippen LogP contribution is -2.30. The number of benzene rings is 1. The van der Waals surface area contributed by atoms with Gasteiger partial charge in [0.05, 0.1) is 19.3 Å². The smallest absolute Gasteiger partial charge is 0.0961 e. The lowest BCUT2D eigenvalue weighted by Gasteiger charge is -2.21. The van der Waals surface area contributed by atoms with E-state index < -0.39 is 0 Å². The van der Waals surface area contributed by atoms with Crippen LogP contribution in [0.2, 0.25) is 0 Å². The Labute approximate surface area is 137 Å². The fraction of sp³-hybridized carbons (Fsp3) is 0.647. The van der Waals surface area contributed by atoms with Crippen molar-refractivity contribution in [2.24, 2.45) is 5.92 Å². The molecule has 0 aliphatic carbocycles. The van der Waals surface area contributed by atoms with Gasteiger partial charge in [0, 0.05) is 23.7 Å². The van der Waals surface area contributed by atoms with Crippen molar-refractivity contribution in [3.63, 3.8) is 0 Å². The van der Waals surface area contributed by atoms with Gasteiger partial charge in [-0.05, 0) is 17.5 Å². The molecule has 0 saturated carbocycles. The van der Waals surface area contributed by atoms with Crippen molar-refractivity contribution >= 4 is 15.9 Å². The third kappa shape index (κ3) is 7.96. The first-order chi connectivity index (χ1) is 10.0. The summed E-state index contributed by atoms with van der Waals surface area (Å²) in [5, 5.41) is 3.44. The Bertz CT molecular complexity index is 396. The van der Waals surface area contributed by atoms with Gasteiger partial charge in [-0.2, -0.15) is 0 Å². The molecular formula is C17H28BrNO2. The van der Waals surface area contributed by atoms with Crippen LogP contribution in [0.4, 0.5) is 0 Å². The van der Waals surface area contributed by atoms with Crippen LogP contribution in [0.1, 0.15) is 39.4 Å². The summed E-state index contributed by atoms with van der Waals surface area (Å²) in [4.78, 5) is 0. The predicted octanol–water partition coefficient (Wildman–Crippen LogP) is 4.18. The highest BCUT2D eigenvalue weighted by Crippen LogP contribution is 2.25. The molecule has 4 heteroatoms. The molecule has 0 fully saturated rings. The summed E-state index contributed by atoms with van der Waals surface area (Å²) in [6.07, 6.45) is 0.0330. The largest absolute Gasteiger partial charge is 0.379 e. The summed E-state index contributed by atoms with van der Waals surface area (Å²) in [6, 6.07) is 8.66. The lowest BCUT2D eigenvalue weighted by molar-refractivity contribution is -0.00216. The van der Waals surface area contributed by atoms with Gasteiger partial charge < -0.3 is 14.8 Å². The zero-order chi connectivity index (χ0) is 15.7. The molecule has 1 N–H and O–H groups in total. The molecule has 1 aromatic rings. The summed E-state index contributed by atoms with van der Waals surface area (Å²) in [6.45, 7) is 11.4. The number of rotatable bonds is 10. The number of halogens is 1. The van der Waals surface area contributed by atoms with Gasteiger partial charge >= 0.3 is 0 Å². The third-order valence-electron chi connectivity index (χ3n) is 2.96. The van der Waals surface area contributed by atoms with E-state index in [4.69, 9.17) is 9.47 Å². The number of hydrogen-bond donors (Lipinski definition) is 1. The molecule has 21 heavy (non-hydrogen) atoms. The zero-order valence-corrected chi connectivity index (χ0v) is 15.2. The van der Waals surface area contributed by atoms with Crippen LogP contribution in [-0.2, 0) is 9.47 Å². The standard InChI is InChI=1S/C17H28BrNO2/c1-13(2)12-20-9-10-21-17(11-19-14(3)4)15-7-5-6-8-16(15)18/h5-8,13-14,17,19H,9-12H2,1-4H3. The molecule has 0 bridgehead atoms. The molecule has 0 radical (unpaired) electrons. The van der Waals surface area contributed by atoms with Crippen LogP contribution in [0.3, 0.4) is 0 Å². The van der Waals surface area contributed by atoms with Crippen molar-refractivity contribution in [2.75, 3.05) is 26.4 Å². The number of hydrogen-bond acceptors (Lipinski definition) is 3. The van der Waals surface area contributed by atoms with Gasteiger partial charge in [0.2, 0.25) is 0 Å². The average molecular weight is 358 g/mol. The van der Waals surface area contributed by atoms with E-state index in [1.807, 2.05) is 12.1 Å². The maximum Gasteiger partial charge on any atom is 0.0961 e. The van der Waals surface area contributed by atoms with Crippen LogP contribution < -0.4 is 5.32 Å². The number of nitrogens with one attached hydrogen (secondary N) is 1. The van der Waals surface area contributed by atoms with Crippen molar-refractivity contribution in [1.29, 1.82) is 0 Å². The fourth-order valence-electron chi connectivity index (χ4n) is 1.91. The second kappa shape index (κ2) is 10.3. The van der Waals surface area contributed by atoms with Crippen LogP contribution >= 0.6 is 15.9 Å². The van der Waals surface area contributed by atoms with Gasteiger partial charge in [0.15, 0.2) is 0 Å². The van der Waals surface area contributed by atoms with Gasteiger partial charge in [0.1, 0.15) is 0 Å². The molecule has 0 amide bonds. The molecule has 120 valence electrons. The molecule has 1 atom stereocenters. The lowest BCUT2D eigenvalue weighted by atomic mass is 10.1. The SMILES string of the molecule is CC(C)COCCOC(CNC(C)C)c1ccccc1Br. The Morgan fingerprint density at radius 1 is 1.10 bits per heavy atom. The maximum absolute atomic E-state index is 6.02. The third-order valence-corrected chi connectivity index (χ3v) is 3.68. The molecule has 1 aromatic carbocycles. The van der Waals surface area contributed by atoms with Gasteiger partial charge in [-0.15, -0.1) is 0 Å². The van der Waals surface area contributed by atoms with Gasteiger partial charge in [0.25, 0.3) is 0 Å². The topological polar surface area (TPSA) is 30.5 Å². The van der Waals surface area contributed by atoms with Crippen molar-refractivity contribution in [2.45, 2.75) is 39.8 Å². The van der Waals surface area contributed by atoms with E-state index in [0.717, 1.165) is 17.6 Å². The normalized spacial score (nSPS) is 13.1. The minimum Gasteiger partial charge on any atom is -0.379 e. The van der Waals surface area contributed by atoms with E-state index in [9.17, 15) is 0 Å². The molecule has 0 aliphatic rings. The summed E-state index contributed by atoms with van der Waals surface area (Å²) in [7, 11) is 0. The number of ether oxygens (including phenoxy) is 2. The first kappa shape index (κ1) is 18.6. The first-order valence-electron chi connectivity index (χ1n) is 7.67. The van der Waals surface area contributed by atoms with E-state index in [1.165, 1.54) is 5.56 Å². The van der Waals surface area contributed by atoms with Gasteiger partial charge in [-0.25, -0.2) is 0 Å². The van der Waals surface area contributed by atoms with E-state index in [-0.39, 0.29) is 6.10 Å². The van der Waals surface area contributed by atoms with E-state index >= 15 is 0 Å².